The summed E-state index contributed by atoms with van der Waals surface area (Å²) in [5.74, 6) is 0. The van der Waals surface area contributed by atoms with Crippen molar-refractivity contribution in [1.82, 2.24) is 10.3 Å². The lowest BCUT2D eigenvalue weighted by Crippen LogP contribution is -2.36. The molecule has 0 saturated heterocycles. The lowest BCUT2D eigenvalue weighted by atomic mass is 10.0. The van der Waals surface area contributed by atoms with Gasteiger partial charge in [0.25, 0.3) is 0 Å². The van der Waals surface area contributed by atoms with E-state index in [4.69, 9.17) is 0 Å². The highest BCUT2D eigenvalue weighted by Crippen LogP contribution is 2.22. The van der Waals surface area contributed by atoms with Gasteiger partial charge in [0.1, 0.15) is 0 Å². The average Bonchev–Trinajstić information content (AvgIpc) is 2.52. The Balaban J connectivity index is 2.80. The molecule has 1 aromatic heterocycles. The third-order valence-electron chi connectivity index (χ3n) is 2.11. The van der Waals surface area contributed by atoms with Crippen LogP contribution in [0.1, 0.15) is 38.4 Å². The van der Waals surface area contributed by atoms with Crippen LogP contribution in [-0.2, 0) is 12.0 Å². The van der Waals surface area contributed by atoms with Gasteiger partial charge in [-0.2, -0.15) is 0 Å². The van der Waals surface area contributed by atoms with Crippen LogP contribution in [0, 0.1) is 0 Å². The van der Waals surface area contributed by atoms with E-state index >= 15 is 0 Å². The van der Waals surface area contributed by atoms with Gasteiger partial charge in [0.05, 0.1) is 16.2 Å². The van der Waals surface area contributed by atoms with Gasteiger partial charge in [0, 0.05) is 5.38 Å². The molecule has 13 heavy (non-hydrogen) atoms. The topological polar surface area (TPSA) is 24.9 Å². The fourth-order valence-electron chi connectivity index (χ4n) is 1.29. The zero-order valence-corrected chi connectivity index (χ0v) is 9.66. The molecule has 0 unspecified atom stereocenters. The van der Waals surface area contributed by atoms with Gasteiger partial charge in [-0.05, 0) is 26.8 Å². The molecule has 0 fully saturated rings. The molecule has 0 radical (unpaired) electrons. The Morgan fingerprint density at radius 3 is 2.62 bits per heavy atom. The molecular weight excluding hydrogens is 180 g/mol. The quantitative estimate of drug-likeness (QED) is 0.804. The van der Waals surface area contributed by atoms with Crippen LogP contribution in [0.2, 0.25) is 0 Å². The van der Waals surface area contributed by atoms with Gasteiger partial charge in [0.2, 0.25) is 0 Å². The van der Waals surface area contributed by atoms with Crippen LogP contribution < -0.4 is 5.32 Å². The largest absolute Gasteiger partial charge is 0.307 e. The molecule has 0 aliphatic heterocycles. The molecule has 0 aliphatic rings. The van der Waals surface area contributed by atoms with E-state index < -0.39 is 0 Å². The molecule has 1 rings (SSSR count). The molecule has 0 aromatic carbocycles. The lowest BCUT2D eigenvalue weighted by molar-refractivity contribution is 0.405. The zero-order valence-electron chi connectivity index (χ0n) is 8.85. The summed E-state index contributed by atoms with van der Waals surface area (Å²) in [6.45, 7) is 9.58. The summed E-state index contributed by atoms with van der Waals surface area (Å²) in [4.78, 5) is 4.58. The number of rotatable bonds is 4. The predicted molar refractivity (Wildman–Crippen MR) is 58.2 cm³/mol. The van der Waals surface area contributed by atoms with E-state index in [-0.39, 0.29) is 5.54 Å². The second-order valence-electron chi connectivity index (χ2n) is 3.64. The van der Waals surface area contributed by atoms with Crippen molar-refractivity contribution in [3.05, 3.63) is 16.1 Å². The number of aromatic nitrogens is 1. The Morgan fingerprint density at radius 2 is 2.15 bits per heavy atom. The highest BCUT2D eigenvalue weighted by molar-refractivity contribution is 7.09. The van der Waals surface area contributed by atoms with Gasteiger partial charge >= 0.3 is 0 Å². The molecule has 0 atom stereocenters. The molecule has 1 aromatic rings. The standard InChI is InChI=1S/C10H18N2S/c1-5-9-12-8(7-13-9)10(3,4)11-6-2/h7,11H,5-6H2,1-4H3. The van der Waals surface area contributed by atoms with Crippen LogP contribution in [0.4, 0.5) is 0 Å². The van der Waals surface area contributed by atoms with Crippen LogP contribution in [0.25, 0.3) is 0 Å². The van der Waals surface area contributed by atoms with Gasteiger partial charge in [-0.25, -0.2) is 4.98 Å². The van der Waals surface area contributed by atoms with E-state index in [1.165, 1.54) is 5.01 Å². The molecule has 0 bridgehead atoms. The van der Waals surface area contributed by atoms with Crippen LogP contribution in [0.15, 0.2) is 5.38 Å². The summed E-state index contributed by atoms with van der Waals surface area (Å²) in [6, 6.07) is 0. The van der Waals surface area contributed by atoms with Crippen molar-refractivity contribution in [2.24, 2.45) is 0 Å². The summed E-state index contributed by atoms with van der Waals surface area (Å²) < 4.78 is 0. The first-order valence-electron chi connectivity index (χ1n) is 4.80. The normalized spacial score (nSPS) is 12.0. The van der Waals surface area contributed by atoms with Crippen LogP contribution in [0.3, 0.4) is 0 Å². The SMILES string of the molecule is CCNC(C)(C)c1csc(CC)n1. The highest BCUT2D eigenvalue weighted by Gasteiger charge is 2.21. The third-order valence-corrected chi connectivity index (χ3v) is 3.11. The molecule has 1 N–H and O–H groups in total. The van der Waals surface area contributed by atoms with E-state index in [0.29, 0.717) is 0 Å². The number of nitrogens with one attached hydrogen (secondary N) is 1. The minimum absolute atomic E-state index is 0.0126. The summed E-state index contributed by atoms with van der Waals surface area (Å²) in [5.41, 5.74) is 1.18. The molecule has 0 spiro atoms. The maximum Gasteiger partial charge on any atom is 0.0926 e. The molecule has 0 aliphatic carbocycles. The summed E-state index contributed by atoms with van der Waals surface area (Å²) in [7, 11) is 0. The monoisotopic (exact) mass is 198 g/mol. The van der Waals surface area contributed by atoms with Crippen molar-refractivity contribution < 1.29 is 0 Å². The van der Waals surface area contributed by atoms with Crippen molar-refractivity contribution in [3.8, 4) is 0 Å². The first-order valence-corrected chi connectivity index (χ1v) is 5.68. The fourth-order valence-corrected chi connectivity index (χ4v) is 2.21. The summed E-state index contributed by atoms with van der Waals surface area (Å²) >= 11 is 1.75. The van der Waals surface area contributed by atoms with Gasteiger partial charge in [-0.15, -0.1) is 11.3 Å². The Hall–Kier alpha value is -0.410. The molecule has 2 nitrogen and oxygen atoms in total. The average molecular weight is 198 g/mol. The van der Waals surface area contributed by atoms with E-state index in [9.17, 15) is 0 Å². The second kappa shape index (κ2) is 4.20. The number of aryl methyl sites for hydroxylation is 1. The number of thiazole rings is 1. The van der Waals surface area contributed by atoms with Crippen molar-refractivity contribution >= 4 is 11.3 Å². The molecule has 0 saturated carbocycles. The maximum absolute atomic E-state index is 4.58. The van der Waals surface area contributed by atoms with Crippen molar-refractivity contribution in [3.63, 3.8) is 0 Å². The smallest absolute Gasteiger partial charge is 0.0926 e. The number of nitrogens with zero attached hydrogens (tertiary/aromatic N) is 1. The van der Waals surface area contributed by atoms with Crippen LogP contribution in [0.5, 0.6) is 0 Å². The molecule has 0 amide bonds. The summed E-state index contributed by atoms with van der Waals surface area (Å²) in [5, 5.41) is 6.80. The number of hydrogen-bond acceptors (Lipinski definition) is 3. The van der Waals surface area contributed by atoms with Crippen molar-refractivity contribution in [2.45, 2.75) is 39.7 Å². The van der Waals surface area contributed by atoms with E-state index in [0.717, 1.165) is 18.7 Å². The van der Waals surface area contributed by atoms with E-state index in [1.807, 2.05) is 0 Å². The Kier molecular flexibility index (Phi) is 3.45. The van der Waals surface area contributed by atoms with Gasteiger partial charge in [0.15, 0.2) is 0 Å². The first-order chi connectivity index (χ1) is 6.10. The van der Waals surface area contributed by atoms with Crippen LogP contribution in [-0.4, -0.2) is 11.5 Å². The van der Waals surface area contributed by atoms with Gasteiger partial charge < -0.3 is 5.32 Å². The fraction of sp³-hybridized carbons (Fsp3) is 0.700. The first kappa shape index (κ1) is 10.7. The minimum Gasteiger partial charge on any atom is -0.307 e. The zero-order chi connectivity index (χ0) is 9.90. The predicted octanol–water partition coefficient (Wildman–Crippen LogP) is 2.55. The second-order valence-corrected chi connectivity index (χ2v) is 4.58. The molecular formula is C10H18N2S. The minimum atomic E-state index is 0.0126. The third kappa shape index (κ3) is 2.51. The Labute approximate surface area is 84.4 Å². The molecule has 1 heterocycles. The lowest BCUT2D eigenvalue weighted by Gasteiger charge is -2.23. The highest BCUT2D eigenvalue weighted by atomic mass is 32.1. The van der Waals surface area contributed by atoms with Crippen molar-refractivity contribution in [2.75, 3.05) is 6.54 Å². The number of hydrogen-bond donors (Lipinski definition) is 1. The summed E-state index contributed by atoms with van der Waals surface area (Å²) in [6.07, 6.45) is 1.03. The van der Waals surface area contributed by atoms with Gasteiger partial charge in [-0.1, -0.05) is 13.8 Å². The van der Waals surface area contributed by atoms with E-state index in [1.54, 1.807) is 11.3 Å². The Morgan fingerprint density at radius 1 is 1.46 bits per heavy atom. The molecule has 74 valence electrons. The van der Waals surface area contributed by atoms with Crippen LogP contribution >= 0.6 is 11.3 Å². The molecule has 3 heteroatoms. The van der Waals surface area contributed by atoms with Crippen molar-refractivity contribution in [1.29, 1.82) is 0 Å². The van der Waals surface area contributed by atoms with Gasteiger partial charge in [-0.3, -0.25) is 0 Å². The Bertz CT molecular complexity index is 266. The van der Waals surface area contributed by atoms with E-state index in [2.05, 4.69) is 43.4 Å². The maximum atomic E-state index is 4.58.